The lowest BCUT2D eigenvalue weighted by atomic mass is 10.2. The molecule has 0 bridgehead atoms. The van der Waals surface area contributed by atoms with Gasteiger partial charge in [-0.15, -0.1) is 0 Å². The van der Waals surface area contributed by atoms with Gasteiger partial charge in [0.1, 0.15) is 11.6 Å². The molecule has 0 amide bonds. The van der Waals surface area contributed by atoms with Gasteiger partial charge >= 0.3 is 0 Å². The number of aromatic nitrogens is 3. The fourth-order valence-corrected chi connectivity index (χ4v) is 3.42. The minimum Gasteiger partial charge on any atom is -0.271 e. The molecule has 0 saturated carbocycles. The van der Waals surface area contributed by atoms with Crippen LogP contribution in [0.1, 0.15) is 0 Å². The number of sulfonamides is 1. The van der Waals surface area contributed by atoms with Gasteiger partial charge in [0.2, 0.25) is 10.0 Å². The molecular weight excluding hydrogens is 350 g/mol. The van der Waals surface area contributed by atoms with E-state index in [-0.39, 0.29) is 13.1 Å². The molecule has 0 aliphatic carbocycles. The molecule has 0 fully saturated rings. The molecule has 25 heavy (non-hydrogen) atoms. The zero-order valence-electron chi connectivity index (χ0n) is 12.9. The number of halogens is 2. The van der Waals surface area contributed by atoms with Crippen molar-refractivity contribution < 1.29 is 17.2 Å². The predicted molar refractivity (Wildman–Crippen MR) is 87.0 cm³/mol. The molecule has 9 heteroatoms. The summed E-state index contributed by atoms with van der Waals surface area (Å²) in [6, 6.07) is 8.28. The van der Waals surface area contributed by atoms with Crippen LogP contribution in [0.4, 0.5) is 8.78 Å². The first-order chi connectivity index (χ1) is 12.0. The van der Waals surface area contributed by atoms with Crippen LogP contribution in [-0.2, 0) is 16.6 Å². The molecule has 130 valence electrons. The highest BCUT2D eigenvalue weighted by Crippen LogP contribution is 2.18. The second-order valence-corrected chi connectivity index (χ2v) is 6.85. The number of pyridine rings is 1. The predicted octanol–water partition coefficient (Wildman–Crippen LogP) is 2.20. The van der Waals surface area contributed by atoms with Gasteiger partial charge in [0.15, 0.2) is 4.90 Å². The van der Waals surface area contributed by atoms with E-state index in [1.54, 1.807) is 36.8 Å². The van der Waals surface area contributed by atoms with Crippen molar-refractivity contribution in [2.45, 2.75) is 11.4 Å². The van der Waals surface area contributed by atoms with Crippen LogP contribution in [0.25, 0.3) is 11.3 Å². The average Bonchev–Trinajstić information content (AvgIpc) is 3.04. The number of benzene rings is 1. The number of hydrogen-bond acceptors (Lipinski definition) is 4. The minimum absolute atomic E-state index is 0.0619. The average molecular weight is 364 g/mol. The molecule has 0 radical (unpaired) electrons. The molecule has 1 aromatic carbocycles. The number of hydrogen-bond donors (Lipinski definition) is 1. The summed E-state index contributed by atoms with van der Waals surface area (Å²) in [5.41, 5.74) is 1.59. The fourth-order valence-electron chi connectivity index (χ4n) is 2.27. The van der Waals surface area contributed by atoms with Crippen LogP contribution in [0.3, 0.4) is 0 Å². The lowest BCUT2D eigenvalue weighted by Gasteiger charge is -2.08. The van der Waals surface area contributed by atoms with Crippen molar-refractivity contribution in [2.75, 3.05) is 6.54 Å². The van der Waals surface area contributed by atoms with Gasteiger partial charge in [-0.05, 0) is 30.3 Å². The van der Waals surface area contributed by atoms with Gasteiger partial charge < -0.3 is 0 Å². The lowest BCUT2D eigenvalue weighted by molar-refractivity contribution is 0.510. The summed E-state index contributed by atoms with van der Waals surface area (Å²) in [6.07, 6.45) is 4.98. The van der Waals surface area contributed by atoms with E-state index in [9.17, 15) is 17.2 Å². The van der Waals surface area contributed by atoms with Gasteiger partial charge in [0, 0.05) is 30.7 Å². The standard InChI is InChI=1S/C16H14F2N4O2S/c17-13-2-1-3-14(18)16(13)25(23,24)20-9-11-22-10-6-15(21-22)12-4-7-19-8-5-12/h1-8,10,20H,9,11H2. The molecule has 3 rings (SSSR count). The second-order valence-electron chi connectivity index (χ2n) is 5.15. The van der Waals surface area contributed by atoms with E-state index in [4.69, 9.17) is 0 Å². The van der Waals surface area contributed by atoms with E-state index >= 15 is 0 Å². The zero-order valence-corrected chi connectivity index (χ0v) is 13.7. The highest BCUT2D eigenvalue weighted by molar-refractivity contribution is 7.89. The van der Waals surface area contributed by atoms with Crippen LogP contribution >= 0.6 is 0 Å². The van der Waals surface area contributed by atoms with Crippen molar-refractivity contribution in [3.05, 3.63) is 66.6 Å². The van der Waals surface area contributed by atoms with Gasteiger partial charge in [-0.25, -0.2) is 21.9 Å². The van der Waals surface area contributed by atoms with E-state index in [0.717, 1.165) is 23.8 Å². The fraction of sp³-hybridized carbons (Fsp3) is 0.125. The molecule has 0 unspecified atom stereocenters. The van der Waals surface area contributed by atoms with Crippen molar-refractivity contribution >= 4 is 10.0 Å². The first-order valence-electron chi connectivity index (χ1n) is 7.35. The largest absolute Gasteiger partial charge is 0.271 e. The number of nitrogens with one attached hydrogen (secondary N) is 1. The molecule has 3 aromatic rings. The van der Waals surface area contributed by atoms with Crippen LogP contribution in [0, 0.1) is 11.6 Å². The minimum atomic E-state index is -4.29. The Kier molecular flexibility index (Phi) is 4.86. The summed E-state index contributed by atoms with van der Waals surface area (Å²) in [5.74, 6) is -2.27. The Hall–Kier alpha value is -2.65. The van der Waals surface area contributed by atoms with Crippen LogP contribution in [0.5, 0.6) is 0 Å². The summed E-state index contributed by atoms with van der Waals surface area (Å²) in [7, 11) is -4.29. The first-order valence-corrected chi connectivity index (χ1v) is 8.83. The molecule has 0 saturated heterocycles. The van der Waals surface area contributed by atoms with Crippen molar-refractivity contribution in [1.29, 1.82) is 0 Å². The third kappa shape index (κ3) is 3.89. The summed E-state index contributed by atoms with van der Waals surface area (Å²) in [6.45, 7) is 0.147. The third-order valence-corrected chi connectivity index (χ3v) is 4.95. The molecule has 1 N–H and O–H groups in total. The lowest BCUT2D eigenvalue weighted by Crippen LogP contribution is -2.29. The Morgan fingerprint density at radius 2 is 1.72 bits per heavy atom. The van der Waals surface area contributed by atoms with Crippen LogP contribution in [0.2, 0.25) is 0 Å². The maximum atomic E-state index is 13.6. The SMILES string of the molecule is O=S(=O)(NCCn1ccc(-c2ccncc2)n1)c1c(F)cccc1F. The normalized spacial score (nSPS) is 11.6. The second kappa shape index (κ2) is 7.08. The van der Waals surface area contributed by atoms with Gasteiger partial charge in [-0.3, -0.25) is 9.67 Å². The maximum Gasteiger partial charge on any atom is 0.246 e. The Labute approximate surface area is 143 Å². The quantitative estimate of drug-likeness (QED) is 0.727. The maximum absolute atomic E-state index is 13.6. The molecule has 0 atom stereocenters. The summed E-state index contributed by atoms with van der Waals surface area (Å²) in [5, 5.41) is 4.31. The molecular formula is C16H14F2N4O2S. The zero-order chi connectivity index (χ0) is 17.9. The first kappa shape index (κ1) is 17.2. The van der Waals surface area contributed by atoms with Gasteiger partial charge in [0.25, 0.3) is 0 Å². The number of rotatable bonds is 6. The summed E-state index contributed by atoms with van der Waals surface area (Å²) < 4.78 is 55.1. The van der Waals surface area contributed by atoms with E-state index in [0.29, 0.717) is 5.69 Å². The smallest absolute Gasteiger partial charge is 0.246 e. The van der Waals surface area contributed by atoms with E-state index in [1.807, 2.05) is 0 Å². The Morgan fingerprint density at radius 1 is 1.04 bits per heavy atom. The topological polar surface area (TPSA) is 76.9 Å². The molecule has 0 aliphatic heterocycles. The summed E-state index contributed by atoms with van der Waals surface area (Å²) in [4.78, 5) is 2.95. The molecule has 0 spiro atoms. The highest BCUT2D eigenvalue weighted by Gasteiger charge is 2.23. The van der Waals surface area contributed by atoms with Crippen molar-refractivity contribution in [2.24, 2.45) is 0 Å². The Balaban J connectivity index is 1.66. The van der Waals surface area contributed by atoms with Crippen molar-refractivity contribution in [1.82, 2.24) is 19.5 Å². The van der Waals surface area contributed by atoms with Gasteiger partial charge in [0.05, 0.1) is 12.2 Å². The molecule has 0 aliphatic rings. The van der Waals surface area contributed by atoms with E-state index < -0.39 is 26.6 Å². The Morgan fingerprint density at radius 3 is 2.40 bits per heavy atom. The van der Waals surface area contributed by atoms with Gasteiger partial charge in [-0.2, -0.15) is 5.10 Å². The van der Waals surface area contributed by atoms with Gasteiger partial charge in [-0.1, -0.05) is 6.07 Å². The number of nitrogens with zero attached hydrogens (tertiary/aromatic N) is 3. The molecule has 2 heterocycles. The third-order valence-electron chi connectivity index (χ3n) is 3.44. The highest BCUT2D eigenvalue weighted by atomic mass is 32.2. The summed E-state index contributed by atoms with van der Waals surface area (Å²) >= 11 is 0. The Bertz CT molecular complexity index is 955. The van der Waals surface area contributed by atoms with Crippen LogP contribution in [0.15, 0.2) is 59.9 Å². The molecule has 6 nitrogen and oxygen atoms in total. The van der Waals surface area contributed by atoms with E-state index in [1.165, 1.54) is 4.68 Å². The van der Waals surface area contributed by atoms with Crippen molar-refractivity contribution in [3.8, 4) is 11.3 Å². The van der Waals surface area contributed by atoms with Crippen LogP contribution in [-0.4, -0.2) is 29.7 Å². The van der Waals surface area contributed by atoms with E-state index in [2.05, 4.69) is 14.8 Å². The monoisotopic (exact) mass is 364 g/mol. The van der Waals surface area contributed by atoms with Crippen molar-refractivity contribution in [3.63, 3.8) is 0 Å². The van der Waals surface area contributed by atoms with Crippen LogP contribution < -0.4 is 4.72 Å². The molecule has 2 aromatic heterocycles.